The number of hydrogen-bond acceptors (Lipinski definition) is 4. The molecular weight excluding hydrogens is 218 g/mol. The van der Waals surface area contributed by atoms with Crippen molar-refractivity contribution in [2.45, 2.75) is 20.0 Å². The lowest BCUT2D eigenvalue weighted by molar-refractivity contribution is -0.145. The molecule has 0 saturated heterocycles. The second kappa shape index (κ2) is 6.68. The van der Waals surface area contributed by atoms with Crippen LogP contribution in [0.1, 0.15) is 19.4 Å². The molecule has 0 spiro atoms. The molecule has 0 unspecified atom stereocenters. The van der Waals surface area contributed by atoms with E-state index < -0.39 is 0 Å². The predicted octanol–water partition coefficient (Wildman–Crippen LogP) is 2.07. The molecule has 0 radical (unpaired) electrons. The van der Waals surface area contributed by atoms with Crippen molar-refractivity contribution < 1.29 is 14.3 Å². The van der Waals surface area contributed by atoms with E-state index in [9.17, 15) is 4.79 Å². The summed E-state index contributed by atoms with van der Waals surface area (Å²) in [6.07, 6.45) is 1.54. The first-order valence-corrected chi connectivity index (χ1v) is 5.45. The van der Waals surface area contributed by atoms with Gasteiger partial charge in [-0.05, 0) is 43.7 Å². The van der Waals surface area contributed by atoms with Gasteiger partial charge in [-0.3, -0.25) is 9.79 Å². The number of esters is 1. The van der Waals surface area contributed by atoms with E-state index in [4.69, 9.17) is 9.47 Å². The molecule has 1 aromatic carbocycles. The molecule has 0 saturated carbocycles. The third-order valence-electron chi connectivity index (χ3n) is 1.94. The average Bonchev–Trinajstić information content (AvgIpc) is 2.29. The van der Waals surface area contributed by atoms with Crippen molar-refractivity contribution in [1.82, 2.24) is 0 Å². The van der Waals surface area contributed by atoms with Crippen LogP contribution in [0.5, 0.6) is 5.75 Å². The number of aliphatic imine (C=N–C) groups is 1. The van der Waals surface area contributed by atoms with Gasteiger partial charge >= 0.3 is 5.97 Å². The fourth-order valence-electron chi connectivity index (χ4n) is 1.22. The molecule has 0 bridgehead atoms. The molecule has 0 heterocycles. The number of methoxy groups -OCH3 is 1. The highest BCUT2D eigenvalue weighted by Gasteiger charge is 2.02. The van der Waals surface area contributed by atoms with Gasteiger partial charge in [0, 0.05) is 6.21 Å². The molecule has 1 rings (SSSR count). The van der Waals surface area contributed by atoms with E-state index in [1.807, 2.05) is 38.1 Å². The van der Waals surface area contributed by atoms with Crippen LogP contribution in [0.15, 0.2) is 29.3 Å². The van der Waals surface area contributed by atoms with Gasteiger partial charge in [-0.1, -0.05) is 0 Å². The molecule has 0 N–H and O–H groups in total. The Morgan fingerprint density at radius 1 is 1.35 bits per heavy atom. The van der Waals surface area contributed by atoms with Gasteiger partial charge in [0.25, 0.3) is 0 Å². The van der Waals surface area contributed by atoms with Gasteiger partial charge in [-0.15, -0.1) is 0 Å². The van der Waals surface area contributed by atoms with Crippen LogP contribution in [0.2, 0.25) is 0 Å². The predicted molar refractivity (Wildman–Crippen MR) is 66.7 cm³/mol. The van der Waals surface area contributed by atoms with E-state index in [0.717, 1.165) is 11.3 Å². The fourth-order valence-corrected chi connectivity index (χ4v) is 1.22. The summed E-state index contributed by atoms with van der Waals surface area (Å²) in [5.41, 5.74) is 0.920. The summed E-state index contributed by atoms with van der Waals surface area (Å²) in [6, 6.07) is 7.42. The van der Waals surface area contributed by atoms with Crippen LogP contribution in [0.3, 0.4) is 0 Å². The molecule has 0 aromatic heterocycles. The lowest BCUT2D eigenvalue weighted by Crippen LogP contribution is -2.13. The van der Waals surface area contributed by atoms with Crippen LogP contribution >= 0.6 is 0 Å². The quantitative estimate of drug-likeness (QED) is 0.579. The fraction of sp³-hybridized carbons (Fsp3) is 0.385. The monoisotopic (exact) mass is 235 g/mol. The van der Waals surface area contributed by atoms with Gasteiger partial charge in [0.1, 0.15) is 12.3 Å². The van der Waals surface area contributed by atoms with Crippen molar-refractivity contribution in [3.05, 3.63) is 29.8 Å². The molecule has 4 heteroatoms. The van der Waals surface area contributed by atoms with Gasteiger partial charge < -0.3 is 9.47 Å². The summed E-state index contributed by atoms with van der Waals surface area (Å²) in [5.74, 6) is 0.478. The minimum Gasteiger partial charge on any atom is -0.497 e. The molecule has 0 aliphatic carbocycles. The zero-order chi connectivity index (χ0) is 12.7. The van der Waals surface area contributed by atoms with E-state index in [2.05, 4.69) is 4.99 Å². The van der Waals surface area contributed by atoms with Gasteiger partial charge in [0.15, 0.2) is 0 Å². The maximum atomic E-state index is 11.2. The Hall–Kier alpha value is -1.84. The van der Waals surface area contributed by atoms with Gasteiger partial charge in [-0.2, -0.15) is 0 Å². The molecule has 4 nitrogen and oxygen atoms in total. The summed E-state index contributed by atoms with van der Waals surface area (Å²) in [6.45, 7) is 3.67. The number of carbonyl (C=O) groups excluding carboxylic acids is 1. The normalized spacial score (nSPS) is 10.8. The molecule has 17 heavy (non-hydrogen) atoms. The van der Waals surface area contributed by atoms with E-state index in [-0.39, 0.29) is 18.6 Å². The molecule has 1 aromatic rings. The van der Waals surface area contributed by atoms with Crippen molar-refractivity contribution in [3.8, 4) is 5.75 Å². The maximum absolute atomic E-state index is 11.2. The second-order valence-electron chi connectivity index (χ2n) is 3.78. The minimum absolute atomic E-state index is 0.0458. The van der Waals surface area contributed by atoms with Crippen LogP contribution in [0.4, 0.5) is 0 Å². The first-order chi connectivity index (χ1) is 8.11. The highest BCUT2D eigenvalue weighted by molar-refractivity contribution is 5.82. The van der Waals surface area contributed by atoms with Crippen molar-refractivity contribution >= 4 is 12.2 Å². The Balaban J connectivity index is 2.45. The lowest BCUT2D eigenvalue weighted by atomic mass is 10.2. The Morgan fingerprint density at radius 3 is 2.53 bits per heavy atom. The maximum Gasteiger partial charge on any atom is 0.327 e. The number of carbonyl (C=O) groups is 1. The van der Waals surface area contributed by atoms with Crippen molar-refractivity contribution in [1.29, 1.82) is 0 Å². The zero-order valence-electron chi connectivity index (χ0n) is 10.3. The molecule has 0 atom stereocenters. The first kappa shape index (κ1) is 13.2. The molecule has 0 amide bonds. The summed E-state index contributed by atoms with van der Waals surface area (Å²) < 4.78 is 9.99. The average molecular weight is 235 g/mol. The van der Waals surface area contributed by atoms with Crippen molar-refractivity contribution in [2.75, 3.05) is 13.7 Å². The first-order valence-electron chi connectivity index (χ1n) is 5.45. The minimum atomic E-state index is -0.315. The van der Waals surface area contributed by atoms with Gasteiger partial charge in [0.2, 0.25) is 0 Å². The van der Waals surface area contributed by atoms with Crippen LogP contribution in [-0.2, 0) is 9.53 Å². The highest BCUT2D eigenvalue weighted by Crippen LogP contribution is 2.09. The lowest BCUT2D eigenvalue weighted by Gasteiger charge is -2.05. The summed E-state index contributed by atoms with van der Waals surface area (Å²) in [5, 5.41) is 0. The standard InChI is InChI=1S/C13H17NO3/c1-10(2)17-13(15)9-14-8-11-4-6-12(16-3)7-5-11/h4-8,10H,9H2,1-3H3/b14-8+. The number of rotatable bonds is 5. The Labute approximate surface area is 101 Å². The number of benzene rings is 1. The smallest absolute Gasteiger partial charge is 0.327 e. The Bertz CT molecular complexity index is 382. The topological polar surface area (TPSA) is 47.9 Å². The van der Waals surface area contributed by atoms with E-state index in [1.165, 1.54) is 0 Å². The van der Waals surface area contributed by atoms with E-state index in [1.54, 1.807) is 13.3 Å². The largest absolute Gasteiger partial charge is 0.497 e. The SMILES string of the molecule is COc1ccc(/C=N/CC(=O)OC(C)C)cc1. The third-order valence-corrected chi connectivity index (χ3v) is 1.94. The number of nitrogens with zero attached hydrogens (tertiary/aromatic N) is 1. The summed E-state index contributed by atoms with van der Waals surface area (Å²) >= 11 is 0. The molecule has 0 aliphatic rings. The van der Waals surface area contributed by atoms with Gasteiger partial charge in [0.05, 0.1) is 13.2 Å². The molecule has 92 valence electrons. The third kappa shape index (κ3) is 5.15. The highest BCUT2D eigenvalue weighted by atomic mass is 16.5. The van der Waals surface area contributed by atoms with E-state index >= 15 is 0 Å². The van der Waals surface area contributed by atoms with Crippen LogP contribution in [-0.4, -0.2) is 31.9 Å². The van der Waals surface area contributed by atoms with Crippen LogP contribution in [0.25, 0.3) is 0 Å². The van der Waals surface area contributed by atoms with Crippen molar-refractivity contribution in [3.63, 3.8) is 0 Å². The van der Waals surface area contributed by atoms with Gasteiger partial charge in [-0.25, -0.2) is 0 Å². The molecular formula is C13H17NO3. The Morgan fingerprint density at radius 2 is 2.00 bits per heavy atom. The summed E-state index contributed by atoms with van der Waals surface area (Å²) in [4.78, 5) is 15.2. The van der Waals surface area contributed by atoms with E-state index in [0.29, 0.717) is 0 Å². The van der Waals surface area contributed by atoms with Crippen molar-refractivity contribution in [2.24, 2.45) is 4.99 Å². The molecule has 0 fully saturated rings. The Kier molecular flexibility index (Phi) is 5.20. The molecule has 0 aliphatic heterocycles. The summed E-state index contributed by atoms with van der Waals surface area (Å²) in [7, 11) is 1.62. The second-order valence-corrected chi connectivity index (χ2v) is 3.78. The van der Waals surface area contributed by atoms with Crippen LogP contribution < -0.4 is 4.74 Å². The number of hydrogen-bond donors (Lipinski definition) is 0. The zero-order valence-corrected chi connectivity index (χ0v) is 10.3. The van der Waals surface area contributed by atoms with Crippen LogP contribution in [0, 0.1) is 0 Å². The number of ether oxygens (including phenoxy) is 2.